The van der Waals surface area contributed by atoms with E-state index in [1.165, 1.54) is 0 Å². The lowest BCUT2D eigenvalue weighted by Crippen LogP contribution is -2.05. The Hall–Kier alpha value is -3.78. The van der Waals surface area contributed by atoms with E-state index >= 15 is 0 Å². The molecule has 0 bridgehead atoms. The van der Waals surface area contributed by atoms with Crippen LogP contribution in [0.1, 0.15) is 33.6 Å². The predicted octanol–water partition coefficient (Wildman–Crippen LogP) is 5.31. The number of alkyl halides is 6. The van der Waals surface area contributed by atoms with Crippen molar-refractivity contribution in [1.29, 1.82) is 0 Å². The minimum absolute atomic E-state index is 0.0767. The second-order valence-electron chi connectivity index (χ2n) is 5.90. The highest BCUT2D eigenvalue weighted by molar-refractivity contribution is 5.53. The molecule has 0 saturated heterocycles. The summed E-state index contributed by atoms with van der Waals surface area (Å²) in [6.45, 7) is 0. The van der Waals surface area contributed by atoms with Crippen molar-refractivity contribution in [2.45, 2.75) is 12.4 Å². The third-order valence-electron chi connectivity index (χ3n) is 3.75. The molecule has 0 atom stereocenters. The van der Waals surface area contributed by atoms with Crippen molar-refractivity contribution in [3.63, 3.8) is 0 Å². The van der Waals surface area contributed by atoms with Crippen LogP contribution in [-0.4, -0.2) is 9.97 Å². The van der Waals surface area contributed by atoms with Crippen molar-refractivity contribution >= 4 is 0 Å². The fraction of sp³-hybridized carbons (Fsp3) is 0.0909. The maximum absolute atomic E-state index is 12.8. The number of nitrogens with zero attached hydrogens (tertiary/aromatic N) is 2. The second kappa shape index (κ2) is 8.30. The van der Waals surface area contributed by atoms with Gasteiger partial charge in [0.25, 0.3) is 0 Å². The van der Waals surface area contributed by atoms with Gasteiger partial charge in [0, 0.05) is 23.5 Å². The van der Waals surface area contributed by atoms with Gasteiger partial charge in [0.05, 0.1) is 11.1 Å². The quantitative estimate of drug-likeness (QED) is 0.367. The zero-order chi connectivity index (χ0) is 21.8. The van der Waals surface area contributed by atoms with Gasteiger partial charge in [-0.25, -0.2) is 9.97 Å². The zero-order valence-corrected chi connectivity index (χ0v) is 14.9. The van der Waals surface area contributed by atoms with E-state index in [1.807, 2.05) is 0 Å². The van der Waals surface area contributed by atoms with Gasteiger partial charge < -0.3 is 0 Å². The van der Waals surface area contributed by atoms with E-state index in [0.29, 0.717) is 11.1 Å². The highest BCUT2D eigenvalue weighted by Crippen LogP contribution is 2.29. The maximum atomic E-state index is 12.8. The first-order valence-corrected chi connectivity index (χ1v) is 8.32. The Morgan fingerprint density at radius 1 is 0.567 bits per heavy atom. The number of pyridine rings is 2. The molecule has 2 aromatic heterocycles. The fourth-order valence-corrected chi connectivity index (χ4v) is 2.31. The van der Waals surface area contributed by atoms with Gasteiger partial charge in [-0.15, -0.1) is 0 Å². The molecule has 0 aliphatic rings. The molecule has 8 heteroatoms. The highest BCUT2D eigenvalue weighted by Gasteiger charge is 2.31. The largest absolute Gasteiger partial charge is 0.416 e. The molecule has 150 valence electrons. The van der Waals surface area contributed by atoms with E-state index in [4.69, 9.17) is 0 Å². The molecule has 0 fully saturated rings. The molecule has 0 N–H and O–H groups in total. The van der Waals surface area contributed by atoms with Crippen LogP contribution in [0.4, 0.5) is 26.3 Å². The van der Waals surface area contributed by atoms with Gasteiger partial charge in [-0.1, -0.05) is 24.0 Å². The third kappa shape index (κ3) is 5.39. The Kier molecular flexibility index (Phi) is 5.79. The van der Waals surface area contributed by atoms with E-state index in [0.717, 1.165) is 36.7 Å². The smallest absolute Gasteiger partial charge is 0.248 e. The molecule has 3 rings (SSSR count). The molecule has 2 nitrogen and oxygen atoms in total. The van der Waals surface area contributed by atoms with Gasteiger partial charge in [-0.2, -0.15) is 26.3 Å². The van der Waals surface area contributed by atoms with E-state index in [2.05, 4.69) is 33.6 Å². The van der Waals surface area contributed by atoms with E-state index in [-0.39, 0.29) is 11.4 Å². The molecular weight excluding hydrogens is 406 g/mol. The van der Waals surface area contributed by atoms with Gasteiger partial charge in [-0.05, 0) is 48.2 Å². The molecule has 0 saturated carbocycles. The predicted molar refractivity (Wildman–Crippen MR) is 96.9 cm³/mol. The van der Waals surface area contributed by atoms with Gasteiger partial charge in [0.2, 0.25) is 0 Å². The average molecular weight is 416 g/mol. The van der Waals surface area contributed by atoms with Crippen LogP contribution in [0.3, 0.4) is 0 Å². The lowest BCUT2D eigenvalue weighted by atomic mass is 10.1. The molecule has 30 heavy (non-hydrogen) atoms. The lowest BCUT2D eigenvalue weighted by Gasteiger charge is -2.05. The minimum Gasteiger partial charge on any atom is -0.248 e. The lowest BCUT2D eigenvalue weighted by molar-refractivity contribution is -0.138. The third-order valence-corrected chi connectivity index (χ3v) is 3.75. The van der Waals surface area contributed by atoms with Crippen molar-refractivity contribution < 1.29 is 26.3 Å². The summed E-state index contributed by atoms with van der Waals surface area (Å²) in [6.07, 6.45) is -7.00. The van der Waals surface area contributed by atoms with E-state index in [1.54, 1.807) is 24.3 Å². The van der Waals surface area contributed by atoms with Crippen molar-refractivity contribution in [2.24, 2.45) is 0 Å². The van der Waals surface area contributed by atoms with Crippen LogP contribution >= 0.6 is 0 Å². The SMILES string of the molecule is FC(F)(F)c1ccnc(C#Cc2ccccc2C#Cc2cc(C(F)(F)F)ccn2)c1. The standard InChI is InChI=1S/C22H10F6N2/c23-21(24,25)17-9-11-29-19(13-17)7-5-15-3-1-2-4-16(15)6-8-20-14-18(10-12-30-20)22(26,27)28/h1-4,9-14H. The van der Waals surface area contributed by atoms with Gasteiger partial charge in [0.1, 0.15) is 11.4 Å². The van der Waals surface area contributed by atoms with Crippen LogP contribution in [0, 0.1) is 23.7 Å². The number of hydrogen-bond donors (Lipinski definition) is 0. The first kappa shape index (κ1) is 20.9. The van der Waals surface area contributed by atoms with Crippen molar-refractivity contribution in [1.82, 2.24) is 9.97 Å². The molecule has 1 aromatic carbocycles. The number of benzene rings is 1. The fourth-order valence-electron chi connectivity index (χ4n) is 2.31. The highest BCUT2D eigenvalue weighted by atomic mass is 19.4. The Morgan fingerprint density at radius 2 is 0.967 bits per heavy atom. The van der Waals surface area contributed by atoms with Crippen molar-refractivity contribution in [2.75, 3.05) is 0 Å². The Labute approximate surface area is 167 Å². The van der Waals surface area contributed by atoms with Crippen LogP contribution < -0.4 is 0 Å². The van der Waals surface area contributed by atoms with E-state index < -0.39 is 23.5 Å². The summed E-state index contributed by atoms with van der Waals surface area (Å²) in [6, 6.07) is 9.81. The monoisotopic (exact) mass is 416 g/mol. The molecule has 0 spiro atoms. The summed E-state index contributed by atoms with van der Waals surface area (Å²) in [5.41, 5.74) is -1.12. The zero-order valence-electron chi connectivity index (χ0n) is 14.9. The molecule has 0 unspecified atom stereocenters. The number of halogens is 6. The average Bonchev–Trinajstić information content (AvgIpc) is 2.70. The normalized spacial score (nSPS) is 11.1. The van der Waals surface area contributed by atoms with Crippen molar-refractivity contribution in [3.8, 4) is 23.7 Å². The Bertz CT molecular complexity index is 1090. The Balaban J connectivity index is 1.92. The molecule has 2 heterocycles. The maximum Gasteiger partial charge on any atom is 0.416 e. The first-order valence-electron chi connectivity index (χ1n) is 8.32. The first-order chi connectivity index (χ1) is 14.1. The molecule has 0 amide bonds. The summed E-state index contributed by atoms with van der Waals surface area (Å²) in [5.74, 6) is 10.5. The number of rotatable bonds is 0. The van der Waals surface area contributed by atoms with Crippen molar-refractivity contribution in [3.05, 3.63) is 94.6 Å². The summed E-state index contributed by atoms with van der Waals surface area (Å²) < 4.78 is 76.7. The molecular formula is C22H10F6N2. The van der Waals surface area contributed by atoms with Crippen LogP contribution in [0.5, 0.6) is 0 Å². The molecule has 0 aliphatic carbocycles. The summed E-state index contributed by atoms with van der Waals surface area (Å²) >= 11 is 0. The molecule has 0 radical (unpaired) electrons. The van der Waals surface area contributed by atoms with E-state index in [9.17, 15) is 26.3 Å². The van der Waals surface area contributed by atoms with Crippen LogP contribution in [0.2, 0.25) is 0 Å². The number of aromatic nitrogens is 2. The Morgan fingerprint density at radius 3 is 1.33 bits per heavy atom. The molecule has 0 aliphatic heterocycles. The minimum atomic E-state index is -4.51. The second-order valence-corrected chi connectivity index (χ2v) is 5.90. The topological polar surface area (TPSA) is 25.8 Å². The van der Waals surface area contributed by atoms with Gasteiger partial charge in [0.15, 0.2) is 0 Å². The summed E-state index contributed by atoms with van der Waals surface area (Å²) in [5, 5.41) is 0. The summed E-state index contributed by atoms with van der Waals surface area (Å²) in [4.78, 5) is 7.60. The number of hydrogen-bond acceptors (Lipinski definition) is 2. The van der Waals surface area contributed by atoms with Gasteiger partial charge >= 0.3 is 12.4 Å². The molecule has 3 aromatic rings. The van der Waals surface area contributed by atoms with Crippen LogP contribution in [0.25, 0.3) is 0 Å². The van der Waals surface area contributed by atoms with Crippen LogP contribution in [0.15, 0.2) is 60.9 Å². The van der Waals surface area contributed by atoms with Crippen LogP contribution in [-0.2, 0) is 12.4 Å². The summed E-state index contributed by atoms with van der Waals surface area (Å²) in [7, 11) is 0. The van der Waals surface area contributed by atoms with Gasteiger partial charge in [-0.3, -0.25) is 0 Å².